The summed E-state index contributed by atoms with van der Waals surface area (Å²) in [7, 11) is 4.14. The molecular formula is C21H18N2S. The first-order valence-corrected chi connectivity index (χ1v) is 8.77. The zero-order chi connectivity index (χ0) is 16.5. The number of hydrogen-bond donors (Lipinski definition) is 0. The van der Waals surface area contributed by atoms with Gasteiger partial charge in [0.25, 0.3) is 0 Å². The topological polar surface area (TPSA) is 16.1 Å². The summed E-state index contributed by atoms with van der Waals surface area (Å²) in [5.41, 5.74) is 3.46. The number of thiazole rings is 1. The van der Waals surface area contributed by atoms with Gasteiger partial charge in [-0.15, -0.1) is 11.3 Å². The molecule has 1 heterocycles. The maximum absolute atomic E-state index is 4.90. The van der Waals surface area contributed by atoms with Crippen molar-refractivity contribution in [3.63, 3.8) is 0 Å². The lowest BCUT2D eigenvalue weighted by atomic mass is 10.1. The number of aromatic nitrogens is 1. The van der Waals surface area contributed by atoms with Crippen molar-refractivity contribution in [2.45, 2.75) is 0 Å². The summed E-state index contributed by atoms with van der Waals surface area (Å²) in [4.78, 5) is 7.04. The lowest BCUT2D eigenvalue weighted by Crippen LogP contribution is -2.09. The van der Waals surface area contributed by atoms with E-state index in [0.717, 1.165) is 10.5 Å². The van der Waals surface area contributed by atoms with Gasteiger partial charge < -0.3 is 4.90 Å². The highest BCUT2D eigenvalue weighted by molar-refractivity contribution is 7.19. The third kappa shape index (κ3) is 2.68. The number of fused-ring (bicyclic) bond motifs is 3. The fraction of sp³-hybridized carbons (Fsp3) is 0.0952. The van der Waals surface area contributed by atoms with Crippen molar-refractivity contribution in [3.05, 3.63) is 77.3 Å². The summed E-state index contributed by atoms with van der Waals surface area (Å²) in [6.45, 7) is 0. The number of nitrogens with zero attached hydrogens (tertiary/aromatic N) is 2. The van der Waals surface area contributed by atoms with E-state index in [9.17, 15) is 0 Å². The minimum atomic E-state index is 1.04. The van der Waals surface area contributed by atoms with Gasteiger partial charge >= 0.3 is 0 Å². The van der Waals surface area contributed by atoms with Crippen molar-refractivity contribution in [1.29, 1.82) is 0 Å². The maximum Gasteiger partial charge on any atom is 0.119 e. The Morgan fingerprint density at radius 3 is 2.46 bits per heavy atom. The van der Waals surface area contributed by atoms with Gasteiger partial charge in [-0.3, -0.25) is 0 Å². The Labute approximate surface area is 145 Å². The molecule has 1 aromatic heterocycles. The van der Waals surface area contributed by atoms with E-state index in [0.29, 0.717) is 0 Å². The molecule has 0 amide bonds. The SMILES string of the molecule is CN(C)C(=Cc1nc2c(ccc3ccccc32)s1)c1ccccc1. The fourth-order valence-corrected chi connectivity index (χ4v) is 3.86. The van der Waals surface area contributed by atoms with Crippen LogP contribution in [0.3, 0.4) is 0 Å². The minimum absolute atomic E-state index is 1.04. The van der Waals surface area contributed by atoms with Gasteiger partial charge in [-0.2, -0.15) is 0 Å². The van der Waals surface area contributed by atoms with Gasteiger partial charge in [-0.1, -0.05) is 60.7 Å². The molecule has 0 aliphatic heterocycles. The summed E-state index contributed by atoms with van der Waals surface area (Å²) in [5.74, 6) is 0. The molecule has 0 unspecified atom stereocenters. The van der Waals surface area contributed by atoms with Crippen molar-refractivity contribution in [2.24, 2.45) is 0 Å². The standard InChI is InChI=1S/C21H18N2S/c1-23(2)18(16-9-4-3-5-10-16)14-20-22-21-17-11-7-6-8-15(17)12-13-19(21)24-20/h3-14H,1-2H3. The monoisotopic (exact) mass is 330 g/mol. The smallest absolute Gasteiger partial charge is 0.119 e. The van der Waals surface area contributed by atoms with Gasteiger partial charge in [-0.25, -0.2) is 4.98 Å². The Morgan fingerprint density at radius 1 is 0.917 bits per heavy atom. The molecule has 0 bridgehead atoms. The summed E-state index contributed by atoms with van der Waals surface area (Å²) >= 11 is 1.74. The second-order valence-corrected chi connectivity index (χ2v) is 7.04. The van der Waals surface area contributed by atoms with Crippen molar-refractivity contribution in [3.8, 4) is 0 Å². The van der Waals surface area contributed by atoms with Crippen molar-refractivity contribution < 1.29 is 0 Å². The minimum Gasteiger partial charge on any atom is -0.377 e. The molecule has 4 rings (SSSR count). The Hall–Kier alpha value is -2.65. The lowest BCUT2D eigenvalue weighted by molar-refractivity contribution is 0.595. The number of rotatable bonds is 3. The highest BCUT2D eigenvalue weighted by Gasteiger charge is 2.09. The molecular weight excluding hydrogens is 312 g/mol. The Bertz CT molecular complexity index is 1030. The molecule has 2 nitrogen and oxygen atoms in total. The van der Waals surface area contributed by atoms with Crippen LogP contribution < -0.4 is 0 Å². The molecule has 0 radical (unpaired) electrons. The average Bonchev–Trinajstić information content (AvgIpc) is 3.03. The van der Waals surface area contributed by atoms with Crippen LogP contribution in [0.25, 0.3) is 32.8 Å². The van der Waals surface area contributed by atoms with Crippen molar-refractivity contribution in [2.75, 3.05) is 14.1 Å². The molecule has 118 valence electrons. The van der Waals surface area contributed by atoms with E-state index < -0.39 is 0 Å². The van der Waals surface area contributed by atoms with E-state index >= 15 is 0 Å². The Morgan fingerprint density at radius 2 is 1.67 bits per heavy atom. The number of benzene rings is 3. The van der Waals surface area contributed by atoms with Crippen LogP contribution in [0, 0.1) is 0 Å². The molecule has 3 aromatic carbocycles. The van der Waals surface area contributed by atoms with Crippen LogP contribution in [0.1, 0.15) is 10.6 Å². The molecule has 0 N–H and O–H groups in total. The molecule has 0 fully saturated rings. The molecule has 0 spiro atoms. The second kappa shape index (κ2) is 6.10. The first kappa shape index (κ1) is 14.9. The van der Waals surface area contributed by atoms with Gasteiger partial charge in [0, 0.05) is 25.2 Å². The van der Waals surface area contributed by atoms with E-state index in [2.05, 4.69) is 85.7 Å². The molecule has 0 saturated heterocycles. The predicted octanol–water partition coefficient (Wildman–Crippen LogP) is 5.51. The fourth-order valence-electron chi connectivity index (χ4n) is 2.94. The average molecular weight is 330 g/mol. The summed E-state index contributed by atoms with van der Waals surface area (Å²) in [5, 5.41) is 3.49. The zero-order valence-corrected chi connectivity index (χ0v) is 14.5. The number of hydrogen-bond acceptors (Lipinski definition) is 3. The Kier molecular flexibility index (Phi) is 3.79. The summed E-state index contributed by atoms with van der Waals surface area (Å²) in [6.07, 6.45) is 2.18. The zero-order valence-electron chi connectivity index (χ0n) is 13.7. The van der Waals surface area contributed by atoms with Crippen LogP contribution in [0.4, 0.5) is 0 Å². The van der Waals surface area contributed by atoms with E-state index in [-0.39, 0.29) is 0 Å². The molecule has 0 saturated carbocycles. The van der Waals surface area contributed by atoms with Gasteiger partial charge in [0.05, 0.1) is 10.2 Å². The van der Waals surface area contributed by atoms with E-state index in [1.807, 2.05) is 6.07 Å². The van der Waals surface area contributed by atoms with E-state index in [4.69, 9.17) is 4.98 Å². The van der Waals surface area contributed by atoms with Crippen molar-refractivity contribution in [1.82, 2.24) is 9.88 Å². The Balaban J connectivity index is 1.88. The van der Waals surface area contributed by atoms with Crippen LogP contribution in [-0.2, 0) is 0 Å². The van der Waals surface area contributed by atoms with Crippen molar-refractivity contribution >= 4 is 44.1 Å². The molecule has 4 aromatic rings. The predicted molar refractivity (Wildman–Crippen MR) is 105 cm³/mol. The lowest BCUT2D eigenvalue weighted by Gasteiger charge is -2.17. The third-order valence-corrected chi connectivity index (χ3v) is 5.08. The van der Waals surface area contributed by atoms with E-state index in [1.54, 1.807) is 11.3 Å². The molecule has 0 aliphatic carbocycles. The summed E-state index contributed by atoms with van der Waals surface area (Å²) < 4.78 is 1.23. The van der Waals surface area contributed by atoms with Crippen LogP contribution in [0.2, 0.25) is 0 Å². The van der Waals surface area contributed by atoms with Crippen LogP contribution >= 0.6 is 11.3 Å². The highest BCUT2D eigenvalue weighted by atomic mass is 32.1. The largest absolute Gasteiger partial charge is 0.377 e. The van der Waals surface area contributed by atoms with E-state index in [1.165, 1.54) is 26.7 Å². The molecule has 0 aliphatic rings. The van der Waals surface area contributed by atoms with Gasteiger partial charge in [0.1, 0.15) is 5.01 Å². The first-order chi connectivity index (χ1) is 11.7. The first-order valence-electron chi connectivity index (χ1n) is 7.95. The molecule has 0 atom stereocenters. The maximum atomic E-state index is 4.90. The van der Waals surface area contributed by atoms with Crippen LogP contribution in [0.15, 0.2) is 66.7 Å². The highest BCUT2D eigenvalue weighted by Crippen LogP contribution is 2.31. The summed E-state index contributed by atoms with van der Waals surface area (Å²) in [6, 6.07) is 23.2. The third-order valence-electron chi connectivity index (χ3n) is 4.11. The quantitative estimate of drug-likeness (QED) is 0.492. The van der Waals surface area contributed by atoms with Crippen LogP contribution in [-0.4, -0.2) is 24.0 Å². The molecule has 3 heteroatoms. The normalized spacial score (nSPS) is 12.0. The van der Waals surface area contributed by atoms with Gasteiger partial charge in [0.15, 0.2) is 0 Å². The van der Waals surface area contributed by atoms with Gasteiger partial charge in [0.2, 0.25) is 0 Å². The second-order valence-electron chi connectivity index (χ2n) is 5.98. The van der Waals surface area contributed by atoms with Gasteiger partial charge in [-0.05, 0) is 23.1 Å². The van der Waals surface area contributed by atoms with Crippen LogP contribution in [0.5, 0.6) is 0 Å². The molecule has 24 heavy (non-hydrogen) atoms.